The van der Waals surface area contributed by atoms with Crippen molar-refractivity contribution >= 4 is 83.0 Å². The quantitative estimate of drug-likeness (QED) is 0.528. The van der Waals surface area contributed by atoms with E-state index in [4.69, 9.17) is 0 Å². The van der Waals surface area contributed by atoms with Gasteiger partial charge in [0.2, 0.25) is 0 Å². The molecule has 0 saturated heterocycles. The third-order valence-corrected chi connectivity index (χ3v) is 5.24. The van der Waals surface area contributed by atoms with Crippen molar-refractivity contribution in [2.24, 2.45) is 11.8 Å². The molecule has 0 aliphatic heterocycles. The summed E-state index contributed by atoms with van der Waals surface area (Å²) in [6.07, 6.45) is 0. The molecular weight excluding hydrogens is 338 g/mol. The first-order valence-electron chi connectivity index (χ1n) is 5.89. The minimum absolute atomic E-state index is 0. The van der Waals surface area contributed by atoms with Crippen molar-refractivity contribution in [2.45, 2.75) is 11.3 Å². The van der Waals surface area contributed by atoms with Gasteiger partial charge in [-0.15, -0.1) is 11.3 Å². The van der Waals surface area contributed by atoms with Gasteiger partial charge in [-0.05, 0) is 12.1 Å². The first-order chi connectivity index (χ1) is 9.49. The molecule has 2 atom stereocenters. The van der Waals surface area contributed by atoms with E-state index in [0.29, 0.717) is 4.34 Å². The molecule has 0 radical (unpaired) electrons. The van der Waals surface area contributed by atoms with Gasteiger partial charge >= 0.3 is 37.7 Å². The maximum atomic E-state index is 11.0. The van der Waals surface area contributed by atoms with Crippen LogP contribution in [0.25, 0.3) is 10.2 Å². The molecule has 0 amide bonds. The molecule has 2 aromatic rings. The van der Waals surface area contributed by atoms with E-state index in [2.05, 4.69) is 4.98 Å². The Hall–Kier alpha value is -0.340. The summed E-state index contributed by atoms with van der Waals surface area (Å²) in [5, 5.41) is 21.8. The second-order valence-electron chi connectivity index (χ2n) is 4.29. The van der Waals surface area contributed by atoms with Gasteiger partial charge in [0, 0.05) is 29.5 Å². The fraction of sp³-hybridized carbons (Fsp3) is 0.308. The number of thiazole rings is 1. The van der Waals surface area contributed by atoms with Crippen molar-refractivity contribution in [3.8, 4) is 0 Å². The summed E-state index contributed by atoms with van der Waals surface area (Å²) in [7, 11) is 0. The maximum absolute atomic E-state index is 11.0. The number of nitrogens with zero attached hydrogens (tertiary/aromatic N) is 1. The Bertz CT molecular complexity index is 613. The van der Waals surface area contributed by atoms with E-state index in [0.717, 1.165) is 10.2 Å². The molecule has 0 N–H and O–H groups in total. The van der Waals surface area contributed by atoms with Gasteiger partial charge in [0.05, 0.1) is 10.2 Å². The number of carbonyl (C=O) groups excluding carboxylic acids is 2. The van der Waals surface area contributed by atoms with Gasteiger partial charge in [0.15, 0.2) is 4.34 Å². The van der Waals surface area contributed by atoms with Crippen LogP contribution < -0.4 is 10.2 Å². The summed E-state index contributed by atoms with van der Waals surface area (Å²) >= 11 is 2.67. The minimum Gasteiger partial charge on any atom is -0.550 e. The Kier molecular flexibility index (Phi) is 7.42. The Morgan fingerprint density at radius 3 is 2.52 bits per heavy atom. The number of carbonyl (C=O) groups is 2. The molecule has 2 rings (SSSR count). The molecule has 0 spiro atoms. The molecular formula is C13H11CaNO4S2. The Labute approximate surface area is 159 Å². The second kappa shape index (κ2) is 8.33. The second-order valence-corrected chi connectivity index (χ2v) is 6.59. The van der Waals surface area contributed by atoms with Gasteiger partial charge in [-0.25, -0.2) is 4.98 Å². The number of aliphatic carboxylic acids is 2. The Balaban J connectivity index is 0.00000220. The summed E-state index contributed by atoms with van der Waals surface area (Å²) in [5.74, 6) is -4.87. The molecule has 2 unspecified atom stereocenters. The number of thioether (sulfide) groups is 1. The monoisotopic (exact) mass is 349 g/mol. The summed E-state index contributed by atoms with van der Waals surface area (Å²) in [4.78, 5) is 26.1. The third kappa shape index (κ3) is 4.82. The van der Waals surface area contributed by atoms with Crippen molar-refractivity contribution in [3.05, 3.63) is 24.3 Å². The number of hydrogen-bond acceptors (Lipinski definition) is 7. The van der Waals surface area contributed by atoms with E-state index < -0.39 is 23.8 Å². The van der Waals surface area contributed by atoms with E-state index in [1.807, 2.05) is 24.3 Å². The fourth-order valence-corrected chi connectivity index (χ4v) is 3.97. The molecule has 0 aliphatic carbocycles. The zero-order valence-corrected chi connectivity index (χ0v) is 15.1. The van der Waals surface area contributed by atoms with Crippen LogP contribution in [0.1, 0.15) is 6.92 Å². The first kappa shape index (κ1) is 18.7. The van der Waals surface area contributed by atoms with Crippen LogP contribution in [-0.2, 0) is 9.59 Å². The molecule has 21 heavy (non-hydrogen) atoms. The minimum atomic E-state index is -1.39. The van der Waals surface area contributed by atoms with Gasteiger partial charge in [-0.3, -0.25) is 0 Å². The molecule has 8 heteroatoms. The molecule has 1 aromatic heterocycles. The summed E-state index contributed by atoms with van der Waals surface area (Å²) in [6.45, 7) is 1.31. The van der Waals surface area contributed by atoms with E-state index in [9.17, 15) is 19.8 Å². The van der Waals surface area contributed by atoms with Crippen molar-refractivity contribution < 1.29 is 19.8 Å². The number of aromatic nitrogens is 1. The summed E-state index contributed by atoms with van der Waals surface area (Å²) in [6, 6.07) is 7.57. The topological polar surface area (TPSA) is 93.2 Å². The fourth-order valence-electron chi connectivity index (χ4n) is 1.65. The van der Waals surface area contributed by atoms with Crippen LogP contribution in [0.3, 0.4) is 0 Å². The van der Waals surface area contributed by atoms with Crippen molar-refractivity contribution in [1.82, 2.24) is 4.98 Å². The van der Waals surface area contributed by atoms with Crippen molar-refractivity contribution in [3.63, 3.8) is 0 Å². The van der Waals surface area contributed by atoms with Crippen molar-refractivity contribution in [2.75, 3.05) is 5.75 Å². The Morgan fingerprint density at radius 2 is 1.95 bits per heavy atom. The zero-order chi connectivity index (χ0) is 14.7. The Morgan fingerprint density at radius 1 is 1.29 bits per heavy atom. The van der Waals surface area contributed by atoms with Crippen LogP contribution in [-0.4, -0.2) is 60.4 Å². The average molecular weight is 349 g/mol. The van der Waals surface area contributed by atoms with Gasteiger partial charge in [0.25, 0.3) is 0 Å². The smallest absolute Gasteiger partial charge is 0.550 e. The molecule has 0 saturated carbocycles. The number of carboxylic acids is 2. The molecule has 1 aromatic carbocycles. The van der Waals surface area contributed by atoms with E-state index in [1.54, 1.807) is 0 Å². The van der Waals surface area contributed by atoms with E-state index in [1.165, 1.54) is 30.0 Å². The van der Waals surface area contributed by atoms with Gasteiger partial charge in [0.1, 0.15) is 0 Å². The summed E-state index contributed by atoms with van der Waals surface area (Å²) < 4.78 is 1.72. The van der Waals surface area contributed by atoms with Crippen molar-refractivity contribution in [1.29, 1.82) is 0 Å². The number of fused-ring (bicyclic) bond motifs is 1. The molecule has 0 aliphatic rings. The molecule has 1 heterocycles. The van der Waals surface area contributed by atoms with Gasteiger partial charge < -0.3 is 19.8 Å². The maximum Gasteiger partial charge on any atom is 2.00 e. The van der Waals surface area contributed by atoms with Crippen LogP contribution in [0.5, 0.6) is 0 Å². The number of carboxylic acid groups (broad SMARTS) is 2. The van der Waals surface area contributed by atoms with E-state index >= 15 is 0 Å². The van der Waals surface area contributed by atoms with Crippen LogP contribution in [0.2, 0.25) is 0 Å². The largest absolute Gasteiger partial charge is 2.00 e. The molecule has 0 fully saturated rings. The van der Waals surface area contributed by atoms with Crippen LogP contribution in [0, 0.1) is 11.8 Å². The predicted molar refractivity (Wildman–Crippen MR) is 78.8 cm³/mol. The molecule has 0 bridgehead atoms. The molecule has 5 nitrogen and oxygen atoms in total. The van der Waals surface area contributed by atoms with Crippen LogP contribution >= 0.6 is 23.1 Å². The van der Waals surface area contributed by atoms with Gasteiger partial charge in [-0.2, -0.15) is 0 Å². The van der Waals surface area contributed by atoms with E-state index in [-0.39, 0.29) is 43.5 Å². The number of hydrogen-bond donors (Lipinski definition) is 0. The predicted octanol–water partition coefficient (Wildman–Crippen LogP) is -0.240. The zero-order valence-electron chi connectivity index (χ0n) is 11.3. The standard InChI is InChI=1S/C13H13NO4S2.Ca/c1-7(11(15)16)8(12(17)18)6-19-13-14-9-4-2-3-5-10(9)20-13;/h2-5,7-8H,6H2,1H3,(H,15,16)(H,17,18);/q;+2/p-2. The molecule has 106 valence electrons. The number of benzene rings is 1. The summed E-state index contributed by atoms with van der Waals surface area (Å²) in [5.41, 5.74) is 0.845. The van der Waals surface area contributed by atoms with Crippen LogP contribution in [0.4, 0.5) is 0 Å². The van der Waals surface area contributed by atoms with Crippen LogP contribution in [0.15, 0.2) is 28.6 Å². The van der Waals surface area contributed by atoms with Gasteiger partial charge in [-0.1, -0.05) is 30.8 Å². The SMILES string of the molecule is CC(C(=O)[O-])C(CSc1nc2ccccc2s1)C(=O)[O-].[Ca+2]. The normalized spacial score (nSPS) is 13.4. The number of rotatable bonds is 6. The first-order valence-corrected chi connectivity index (χ1v) is 7.69. The average Bonchev–Trinajstić information content (AvgIpc) is 2.80. The third-order valence-electron chi connectivity index (χ3n) is 2.94. The number of para-hydroxylation sites is 1.